The lowest BCUT2D eigenvalue weighted by atomic mass is 9.94. The van der Waals surface area contributed by atoms with Crippen molar-refractivity contribution in [1.82, 2.24) is 10.2 Å². The number of morpholine rings is 1. The lowest BCUT2D eigenvalue weighted by molar-refractivity contribution is -0.126. The molecule has 0 aromatic heterocycles. The van der Waals surface area contributed by atoms with Crippen LogP contribution in [0.4, 0.5) is 0 Å². The van der Waals surface area contributed by atoms with Gasteiger partial charge in [-0.25, -0.2) is 0 Å². The Morgan fingerprint density at radius 3 is 2.54 bits per heavy atom. The van der Waals surface area contributed by atoms with Crippen LogP contribution in [0, 0.1) is 0 Å². The van der Waals surface area contributed by atoms with E-state index in [9.17, 15) is 4.79 Å². The van der Waals surface area contributed by atoms with Crippen molar-refractivity contribution in [2.75, 3.05) is 26.2 Å². The van der Waals surface area contributed by atoms with Gasteiger partial charge in [-0.05, 0) is 18.4 Å². The number of hydrogen-bond acceptors (Lipinski definition) is 4. The lowest BCUT2D eigenvalue weighted by Gasteiger charge is -2.33. The van der Waals surface area contributed by atoms with Crippen molar-refractivity contribution in [1.29, 1.82) is 0 Å². The molecule has 3 N–H and O–H groups in total. The summed E-state index contributed by atoms with van der Waals surface area (Å²) in [5, 5.41) is 2.97. The third-order valence-corrected chi connectivity index (χ3v) is 4.93. The predicted molar refractivity (Wildman–Crippen MR) is 111 cm³/mol. The second-order valence-corrected chi connectivity index (χ2v) is 6.76. The number of nitrogens with two attached hydrogens (primary N) is 1. The van der Waals surface area contributed by atoms with Gasteiger partial charge in [-0.2, -0.15) is 0 Å². The monoisotopic (exact) mass is 405 g/mol. The molecule has 1 aromatic rings. The zero-order valence-corrected chi connectivity index (χ0v) is 17.4. The van der Waals surface area contributed by atoms with Gasteiger partial charge in [-0.3, -0.25) is 9.69 Å². The van der Waals surface area contributed by atoms with Crippen LogP contribution in [0.5, 0.6) is 0 Å². The second kappa shape index (κ2) is 12.5. The van der Waals surface area contributed by atoms with Gasteiger partial charge in [0.25, 0.3) is 0 Å². The summed E-state index contributed by atoms with van der Waals surface area (Å²) >= 11 is 0. The van der Waals surface area contributed by atoms with Crippen LogP contribution in [0.1, 0.15) is 38.7 Å². The van der Waals surface area contributed by atoms with Crippen LogP contribution >= 0.6 is 24.8 Å². The summed E-state index contributed by atoms with van der Waals surface area (Å²) in [7, 11) is 0. The minimum absolute atomic E-state index is 0. The molecule has 1 atom stereocenters. The SMILES string of the molecule is CCC(N)(CC)CNC(=O)CC1CN(Cc2ccccc2)CCO1.Cl.Cl. The first-order valence-corrected chi connectivity index (χ1v) is 8.98. The predicted octanol–water partition coefficient (Wildman–Crippen LogP) is 2.75. The van der Waals surface area contributed by atoms with E-state index in [2.05, 4.69) is 48.3 Å². The van der Waals surface area contributed by atoms with E-state index in [1.54, 1.807) is 0 Å². The highest BCUT2D eigenvalue weighted by atomic mass is 35.5. The first-order chi connectivity index (χ1) is 11.5. The van der Waals surface area contributed by atoms with Crippen molar-refractivity contribution in [3.8, 4) is 0 Å². The number of hydrogen-bond donors (Lipinski definition) is 2. The molecule has 0 saturated carbocycles. The van der Waals surface area contributed by atoms with Crippen LogP contribution < -0.4 is 11.1 Å². The third-order valence-electron chi connectivity index (χ3n) is 4.93. The van der Waals surface area contributed by atoms with Crippen molar-refractivity contribution in [3.05, 3.63) is 35.9 Å². The maximum atomic E-state index is 12.2. The van der Waals surface area contributed by atoms with Crippen molar-refractivity contribution in [2.24, 2.45) is 5.73 Å². The fourth-order valence-corrected chi connectivity index (χ4v) is 2.94. The number of amides is 1. The number of carbonyl (C=O) groups excluding carboxylic acids is 1. The molecule has 1 amide bonds. The maximum absolute atomic E-state index is 12.2. The highest BCUT2D eigenvalue weighted by Crippen LogP contribution is 2.13. The zero-order valence-electron chi connectivity index (χ0n) is 15.8. The largest absolute Gasteiger partial charge is 0.375 e. The standard InChI is InChI=1S/C19H31N3O2.2ClH/c1-3-19(20,4-2)15-21-18(23)12-17-14-22(10-11-24-17)13-16-8-6-5-7-9-16;;/h5-9,17H,3-4,10-15,20H2,1-2H3,(H,21,23);2*1H. The van der Waals surface area contributed by atoms with E-state index in [1.807, 2.05) is 6.07 Å². The van der Waals surface area contributed by atoms with Crippen molar-refractivity contribution in [3.63, 3.8) is 0 Å². The van der Waals surface area contributed by atoms with Crippen molar-refractivity contribution < 1.29 is 9.53 Å². The fourth-order valence-electron chi connectivity index (χ4n) is 2.94. The molecule has 0 radical (unpaired) electrons. The maximum Gasteiger partial charge on any atom is 0.222 e. The number of nitrogens with zero attached hydrogens (tertiary/aromatic N) is 1. The van der Waals surface area contributed by atoms with Crippen molar-refractivity contribution in [2.45, 2.75) is 51.3 Å². The molecule has 1 fully saturated rings. The van der Waals surface area contributed by atoms with E-state index < -0.39 is 0 Å². The summed E-state index contributed by atoms with van der Waals surface area (Å²) in [5.41, 5.74) is 7.22. The van der Waals surface area contributed by atoms with Gasteiger partial charge in [0.1, 0.15) is 0 Å². The van der Waals surface area contributed by atoms with E-state index in [0.29, 0.717) is 19.6 Å². The number of rotatable bonds is 8. The lowest BCUT2D eigenvalue weighted by Crippen LogP contribution is -2.50. The smallest absolute Gasteiger partial charge is 0.222 e. The highest BCUT2D eigenvalue weighted by Gasteiger charge is 2.25. The number of benzene rings is 1. The molecule has 150 valence electrons. The minimum Gasteiger partial charge on any atom is -0.375 e. The van der Waals surface area contributed by atoms with Crippen LogP contribution in [0.25, 0.3) is 0 Å². The molecule has 1 saturated heterocycles. The van der Waals surface area contributed by atoms with Crippen LogP contribution in [-0.2, 0) is 16.1 Å². The Bertz CT molecular complexity index is 513. The zero-order chi connectivity index (χ0) is 17.4. The molecule has 2 rings (SSSR count). The summed E-state index contributed by atoms with van der Waals surface area (Å²) < 4.78 is 5.77. The van der Waals surface area contributed by atoms with Gasteiger partial charge in [0.2, 0.25) is 5.91 Å². The number of halogens is 2. The number of nitrogens with one attached hydrogen (secondary N) is 1. The van der Waals surface area contributed by atoms with Crippen LogP contribution in [0.3, 0.4) is 0 Å². The molecule has 0 spiro atoms. The normalized spacial score (nSPS) is 17.7. The average Bonchev–Trinajstić information content (AvgIpc) is 2.61. The summed E-state index contributed by atoms with van der Waals surface area (Å²) in [6.45, 7) is 7.92. The van der Waals surface area contributed by atoms with E-state index in [-0.39, 0.29) is 42.4 Å². The van der Waals surface area contributed by atoms with Crippen LogP contribution in [-0.4, -0.2) is 48.7 Å². The highest BCUT2D eigenvalue weighted by molar-refractivity contribution is 5.85. The van der Waals surface area contributed by atoms with Crippen molar-refractivity contribution >= 4 is 30.7 Å². The average molecular weight is 406 g/mol. The molecule has 26 heavy (non-hydrogen) atoms. The Labute approximate surface area is 169 Å². The molecule has 1 unspecified atom stereocenters. The van der Waals surface area contributed by atoms with E-state index >= 15 is 0 Å². The molecule has 0 aliphatic carbocycles. The molecule has 0 bridgehead atoms. The van der Waals surface area contributed by atoms with Gasteiger partial charge in [-0.15, -0.1) is 24.8 Å². The van der Waals surface area contributed by atoms with Gasteiger partial charge in [0, 0.05) is 31.7 Å². The topological polar surface area (TPSA) is 67.6 Å². The number of carbonyl (C=O) groups is 1. The summed E-state index contributed by atoms with van der Waals surface area (Å²) in [5.74, 6) is 0.0262. The fraction of sp³-hybridized carbons (Fsp3) is 0.632. The summed E-state index contributed by atoms with van der Waals surface area (Å²) in [4.78, 5) is 14.5. The van der Waals surface area contributed by atoms with Gasteiger partial charge in [0.05, 0.1) is 19.1 Å². The Hall–Kier alpha value is -0.850. The Balaban J connectivity index is 0.00000312. The summed E-state index contributed by atoms with van der Waals surface area (Å²) in [6, 6.07) is 10.4. The number of ether oxygens (including phenoxy) is 1. The third kappa shape index (κ3) is 8.23. The molecule has 5 nitrogen and oxygen atoms in total. The molecule has 1 aromatic carbocycles. The first-order valence-electron chi connectivity index (χ1n) is 8.98. The first kappa shape index (κ1) is 25.1. The minimum atomic E-state index is -0.303. The molecule has 1 aliphatic heterocycles. The molecular formula is C19H33Cl2N3O2. The quantitative estimate of drug-likeness (QED) is 0.697. The van der Waals surface area contributed by atoms with Gasteiger partial charge in [0.15, 0.2) is 0 Å². The Morgan fingerprint density at radius 1 is 1.27 bits per heavy atom. The Kier molecular flexibility index (Phi) is 12.1. The molecule has 1 aliphatic rings. The van der Waals surface area contributed by atoms with E-state index in [4.69, 9.17) is 10.5 Å². The Morgan fingerprint density at radius 2 is 1.92 bits per heavy atom. The molecular weight excluding hydrogens is 373 g/mol. The second-order valence-electron chi connectivity index (χ2n) is 6.76. The van der Waals surface area contributed by atoms with Gasteiger partial charge in [-0.1, -0.05) is 44.2 Å². The van der Waals surface area contributed by atoms with Crippen LogP contribution in [0.2, 0.25) is 0 Å². The van der Waals surface area contributed by atoms with Gasteiger partial charge < -0.3 is 15.8 Å². The molecule has 7 heteroatoms. The van der Waals surface area contributed by atoms with E-state index in [1.165, 1.54) is 5.56 Å². The molecule has 1 heterocycles. The van der Waals surface area contributed by atoms with Crippen LogP contribution in [0.15, 0.2) is 30.3 Å². The summed E-state index contributed by atoms with van der Waals surface area (Å²) in [6.07, 6.45) is 2.07. The van der Waals surface area contributed by atoms with E-state index in [0.717, 1.165) is 32.5 Å². The van der Waals surface area contributed by atoms with Gasteiger partial charge >= 0.3 is 0 Å².